The van der Waals surface area contributed by atoms with Gasteiger partial charge in [0.1, 0.15) is 8.78 Å². The number of carbonyl (C=O) groups is 1. The first-order valence-corrected chi connectivity index (χ1v) is 8.39. The molecule has 0 aromatic heterocycles. The van der Waals surface area contributed by atoms with Gasteiger partial charge in [-0.1, -0.05) is 50.2 Å². The summed E-state index contributed by atoms with van der Waals surface area (Å²) in [5.74, 6) is 0.882. The van der Waals surface area contributed by atoms with Gasteiger partial charge >= 0.3 is 5.97 Å². The molecule has 0 N–H and O–H groups in total. The number of hydrogen-bond acceptors (Lipinski definition) is 5. The van der Waals surface area contributed by atoms with Crippen LogP contribution in [0.1, 0.15) is 46.5 Å². The molecule has 0 aliphatic rings. The van der Waals surface area contributed by atoms with E-state index in [1.165, 1.54) is 37.4 Å². The fourth-order valence-electron chi connectivity index (χ4n) is 1.17. The minimum absolute atomic E-state index is 0.175. The van der Waals surface area contributed by atoms with Crippen LogP contribution < -0.4 is 0 Å². The molecule has 17 heavy (non-hydrogen) atoms. The number of carbonyl (C=O) groups excluding carboxylic acids is 1. The van der Waals surface area contributed by atoms with Gasteiger partial charge < -0.3 is 4.74 Å². The van der Waals surface area contributed by atoms with E-state index in [2.05, 4.69) is 6.92 Å². The Bertz CT molecular complexity index is 232. The van der Waals surface area contributed by atoms with E-state index < -0.39 is 0 Å². The lowest BCUT2D eigenvalue weighted by molar-refractivity contribution is -0.142. The Morgan fingerprint density at radius 1 is 1.29 bits per heavy atom. The summed E-state index contributed by atoms with van der Waals surface area (Å²) in [5.41, 5.74) is 0. The SMILES string of the molecule is CCCCCCSC(=S)SC(C)C(=O)OCC. The van der Waals surface area contributed by atoms with Crippen molar-refractivity contribution in [3.8, 4) is 0 Å². The fraction of sp³-hybridized carbons (Fsp3) is 0.833. The zero-order valence-electron chi connectivity index (χ0n) is 10.9. The van der Waals surface area contributed by atoms with Crippen molar-refractivity contribution >= 4 is 45.2 Å². The number of unbranched alkanes of at least 4 members (excludes halogenated alkanes) is 3. The lowest BCUT2D eigenvalue weighted by Gasteiger charge is -2.10. The molecule has 0 fully saturated rings. The first-order chi connectivity index (χ1) is 8.11. The topological polar surface area (TPSA) is 26.3 Å². The van der Waals surface area contributed by atoms with Gasteiger partial charge in [-0.2, -0.15) is 0 Å². The van der Waals surface area contributed by atoms with Crippen molar-refractivity contribution in [2.75, 3.05) is 12.4 Å². The van der Waals surface area contributed by atoms with Crippen molar-refractivity contribution in [1.29, 1.82) is 0 Å². The summed E-state index contributed by atoms with van der Waals surface area (Å²) in [7, 11) is 0. The summed E-state index contributed by atoms with van der Waals surface area (Å²) in [4.78, 5) is 11.4. The molecule has 2 nitrogen and oxygen atoms in total. The average Bonchev–Trinajstić information content (AvgIpc) is 2.29. The van der Waals surface area contributed by atoms with Gasteiger partial charge in [0.25, 0.3) is 0 Å². The van der Waals surface area contributed by atoms with E-state index in [-0.39, 0.29) is 11.2 Å². The smallest absolute Gasteiger partial charge is 0.319 e. The van der Waals surface area contributed by atoms with Gasteiger partial charge in [0, 0.05) is 0 Å². The highest BCUT2D eigenvalue weighted by Gasteiger charge is 2.16. The van der Waals surface area contributed by atoms with Crippen molar-refractivity contribution in [2.45, 2.75) is 51.7 Å². The molecule has 0 spiro atoms. The van der Waals surface area contributed by atoms with Gasteiger partial charge in [-0.3, -0.25) is 4.79 Å². The molecule has 0 aromatic carbocycles. The van der Waals surface area contributed by atoms with Crippen LogP contribution in [-0.2, 0) is 9.53 Å². The second-order valence-corrected chi connectivity index (χ2v) is 7.31. The molecular formula is C12H22O2S3. The van der Waals surface area contributed by atoms with Gasteiger partial charge in [0.15, 0.2) is 0 Å². The third-order valence-corrected chi connectivity index (χ3v) is 4.86. The number of rotatable bonds is 8. The monoisotopic (exact) mass is 294 g/mol. The second-order valence-electron chi connectivity index (χ2n) is 3.67. The van der Waals surface area contributed by atoms with E-state index in [1.807, 2.05) is 13.8 Å². The van der Waals surface area contributed by atoms with Crippen LogP contribution in [0.15, 0.2) is 0 Å². The summed E-state index contributed by atoms with van der Waals surface area (Å²) < 4.78 is 5.78. The number of hydrogen-bond donors (Lipinski definition) is 0. The number of ether oxygens (including phenoxy) is 1. The summed E-state index contributed by atoms with van der Waals surface area (Å²) in [6, 6.07) is 0. The minimum Gasteiger partial charge on any atom is -0.465 e. The van der Waals surface area contributed by atoms with Crippen molar-refractivity contribution < 1.29 is 9.53 Å². The van der Waals surface area contributed by atoms with Gasteiger partial charge in [-0.15, -0.1) is 11.8 Å². The summed E-state index contributed by atoms with van der Waals surface area (Å²) in [6.45, 7) is 6.29. The molecule has 0 aromatic rings. The van der Waals surface area contributed by atoms with Crippen molar-refractivity contribution in [1.82, 2.24) is 0 Å². The van der Waals surface area contributed by atoms with Crippen molar-refractivity contribution in [3.63, 3.8) is 0 Å². The highest BCUT2D eigenvalue weighted by molar-refractivity contribution is 8.47. The van der Waals surface area contributed by atoms with Crippen LogP contribution >= 0.6 is 35.7 Å². The summed E-state index contributed by atoms with van der Waals surface area (Å²) >= 11 is 8.34. The first kappa shape index (κ1) is 17.3. The fourth-order valence-corrected chi connectivity index (χ4v) is 3.78. The largest absolute Gasteiger partial charge is 0.465 e. The molecule has 0 aliphatic carbocycles. The molecule has 0 saturated heterocycles. The van der Waals surface area contributed by atoms with E-state index in [1.54, 1.807) is 11.8 Å². The maximum atomic E-state index is 11.4. The summed E-state index contributed by atoms with van der Waals surface area (Å²) in [5, 5.41) is -0.189. The standard InChI is InChI=1S/C12H22O2S3/c1-4-6-7-8-9-16-12(15)17-10(3)11(13)14-5-2/h10H,4-9H2,1-3H3. The Balaban J connectivity index is 3.60. The van der Waals surface area contributed by atoms with E-state index in [0.717, 1.165) is 9.28 Å². The van der Waals surface area contributed by atoms with Crippen molar-refractivity contribution in [3.05, 3.63) is 0 Å². The lowest BCUT2D eigenvalue weighted by Crippen LogP contribution is -2.17. The van der Waals surface area contributed by atoms with Gasteiger partial charge in [-0.05, 0) is 26.0 Å². The molecule has 1 unspecified atom stereocenters. The van der Waals surface area contributed by atoms with Crippen LogP contribution in [0.2, 0.25) is 0 Å². The summed E-state index contributed by atoms with van der Waals surface area (Å²) in [6.07, 6.45) is 5.01. The van der Waals surface area contributed by atoms with Gasteiger partial charge in [0.2, 0.25) is 0 Å². The van der Waals surface area contributed by atoms with Crippen LogP contribution in [0.3, 0.4) is 0 Å². The van der Waals surface area contributed by atoms with E-state index in [0.29, 0.717) is 6.61 Å². The van der Waals surface area contributed by atoms with Crippen LogP contribution in [0, 0.1) is 0 Å². The number of thiocarbonyl (C=S) groups is 1. The zero-order valence-corrected chi connectivity index (χ0v) is 13.3. The normalized spacial score (nSPS) is 12.2. The Morgan fingerprint density at radius 3 is 2.59 bits per heavy atom. The predicted molar refractivity (Wildman–Crippen MR) is 82.9 cm³/mol. The Labute approximate surface area is 119 Å². The van der Waals surface area contributed by atoms with Crippen LogP contribution in [0.25, 0.3) is 0 Å². The molecule has 0 heterocycles. The molecule has 5 heteroatoms. The van der Waals surface area contributed by atoms with Gasteiger partial charge in [0.05, 0.1) is 6.61 Å². The molecule has 0 saturated carbocycles. The zero-order chi connectivity index (χ0) is 13.1. The van der Waals surface area contributed by atoms with Crippen LogP contribution in [0.4, 0.5) is 0 Å². The van der Waals surface area contributed by atoms with E-state index >= 15 is 0 Å². The molecule has 0 bridgehead atoms. The van der Waals surface area contributed by atoms with E-state index in [9.17, 15) is 4.79 Å². The van der Waals surface area contributed by atoms with E-state index in [4.69, 9.17) is 17.0 Å². The number of thioether (sulfide) groups is 2. The third-order valence-electron chi connectivity index (χ3n) is 2.11. The molecule has 0 amide bonds. The minimum atomic E-state index is -0.189. The molecular weight excluding hydrogens is 272 g/mol. The first-order valence-electron chi connectivity index (χ1n) is 6.11. The Morgan fingerprint density at radius 2 is 2.00 bits per heavy atom. The van der Waals surface area contributed by atoms with Gasteiger partial charge in [-0.25, -0.2) is 0 Å². The maximum Gasteiger partial charge on any atom is 0.319 e. The third kappa shape index (κ3) is 9.92. The lowest BCUT2D eigenvalue weighted by atomic mass is 10.2. The van der Waals surface area contributed by atoms with Crippen LogP contribution in [-0.4, -0.2) is 27.1 Å². The molecule has 0 aliphatic heterocycles. The molecule has 100 valence electrons. The number of esters is 1. The average molecular weight is 295 g/mol. The quantitative estimate of drug-likeness (QED) is 0.378. The Kier molecular flexibility index (Phi) is 11.5. The highest BCUT2D eigenvalue weighted by atomic mass is 32.2. The predicted octanol–water partition coefficient (Wildman–Crippen LogP) is 4.27. The molecule has 0 radical (unpaired) electrons. The molecule has 1 atom stereocenters. The Hall–Kier alpha value is 0.260. The van der Waals surface area contributed by atoms with Crippen LogP contribution in [0.5, 0.6) is 0 Å². The second kappa shape index (κ2) is 11.4. The molecule has 0 rings (SSSR count). The van der Waals surface area contributed by atoms with Crippen molar-refractivity contribution in [2.24, 2.45) is 0 Å². The maximum absolute atomic E-state index is 11.4. The highest BCUT2D eigenvalue weighted by Crippen LogP contribution is 2.23.